The van der Waals surface area contributed by atoms with Crippen LogP contribution in [0.4, 0.5) is 11.4 Å². The molecular formula is C20H22Cl2N4O3. The van der Waals surface area contributed by atoms with Crippen molar-refractivity contribution in [1.29, 1.82) is 0 Å². The Bertz CT molecular complexity index is 915. The van der Waals surface area contributed by atoms with E-state index in [1.165, 1.54) is 13.1 Å². The molecule has 29 heavy (non-hydrogen) atoms. The molecule has 0 aromatic heterocycles. The third-order valence-electron chi connectivity index (χ3n) is 5.02. The molecule has 1 heterocycles. The molecule has 1 saturated heterocycles. The Morgan fingerprint density at radius 3 is 2.52 bits per heavy atom. The van der Waals surface area contributed by atoms with Gasteiger partial charge in [0.05, 0.1) is 15.0 Å². The smallest absolute Gasteiger partial charge is 0.293 e. The van der Waals surface area contributed by atoms with E-state index < -0.39 is 4.92 Å². The zero-order chi connectivity index (χ0) is 21.0. The van der Waals surface area contributed by atoms with Crippen LogP contribution in [-0.2, 0) is 6.54 Å². The van der Waals surface area contributed by atoms with E-state index in [2.05, 4.69) is 15.5 Å². The molecule has 1 aliphatic heterocycles. The first kappa shape index (κ1) is 21.4. The van der Waals surface area contributed by atoms with Gasteiger partial charge in [-0.25, -0.2) is 0 Å². The highest BCUT2D eigenvalue weighted by Crippen LogP contribution is 2.29. The van der Waals surface area contributed by atoms with Crippen molar-refractivity contribution in [2.75, 3.05) is 25.5 Å². The summed E-state index contributed by atoms with van der Waals surface area (Å²) in [5.41, 5.74) is 1.71. The highest BCUT2D eigenvalue weighted by Gasteiger charge is 2.23. The molecule has 0 radical (unpaired) electrons. The van der Waals surface area contributed by atoms with Gasteiger partial charge in [-0.3, -0.25) is 19.8 Å². The molecule has 0 spiro atoms. The van der Waals surface area contributed by atoms with Gasteiger partial charge in [-0.2, -0.15) is 0 Å². The van der Waals surface area contributed by atoms with Crippen LogP contribution in [0.2, 0.25) is 10.0 Å². The van der Waals surface area contributed by atoms with Crippen molar-refractivity contribution in [2.24, 2.45) is 0 Å². The van der Waals surface area contributed by atoms with Crippen LogP contribution in [0.25, 0.3) is 0 Å². The number of halogens is 2. The second kappa shape index (κ2) is 9.43. The lowest BCUT2D eigenvalue weighted by Gasteiger charge is -2.32. The van der Waals surface area contributed by atoms with Gasteiger partial charge in [0, 0.05) is 44.4 Å². The maximum absolute atomic E-state index is 11.7. The lowest BCUT2D eigenvalue weighted by atomic mass is 10.0. The number of rotatable bonds is 6. The minimum absolute atomic E-state index is 0.0932. The molecule has 0 bridgehead atoms. The van der Waals surface area contributed by atoms with E-state index in [0.29, 0.717) is 15.7 Å². The molecule has 154 valence electrons. The highest BCUT2D eigenvalue weighted by molar-refractivity contribution is 6.42. The average molecular weight is 437 g/mol. The van der Waals surface area contributed by atoms with Crippen LogP contribution in [0.15, 0.2) is 36.4 Å². The molecule has 7 nitrogen and oxygen atoms in total. The summed E-state index contributed by atoms with van der Waals surface area (Å²) in [6.07, 6.45) is 1.71. The van der Waals surface area contributed by atoms with Crippen LogP contribution in [0.1, 0.15) is 28.8 Å². The maximum atomic E-state index is 11.7. The lowest BCUT2D eigenvalue weighted by molar-refractivity contribution is -0.384. The predicted molar refractivity (Wildman–Crippen MR) is 115 cm³/mol. The number of nitrogens with one attached hydrogen (secondary N) is 2. The van der Waals surface area contributed by atoms with E-state index in [1.54, 1.807) is 18.2 Å². The fourth-order valence-corrected chi connectivity index (χ4v) is 3.76. The molecule has 0 saturated carbocycles. The van der Waals surface area contributed by atoms with Gasteiger partial charge in [0.25, 0.3) is 11.6 Å². The Morgan fingerprint density at radius 1 is 1.17 bits per heavy atom. The Labute approximate surface area is 179 Å². The molecule has 9 heteroatoms. The number of piperidine rings is 1. The number of nitro benzene ring substituents is 1. The molecule has 0 atom stereocenters. The topological polar surface area (TPSA) is 87.5 Å². The van der Waals surface area contributed by atoms with E-state index in [-0.39, 0.29) is 23.2 Å². The fourth-order valence-electron chi connectivity index (χ4n) is 3.44. The maximum Gasteiger partial charge on any atom is 0.293 e. The first-order chi connectivity index (χ1) is 13.9. The standard InChI is InChI=1S/C20H22Cl2N4O3/c1-23-20(27)14-3-5-18(19(11-14)26(28)29)24-15-6-8-25(9-7-15)12-13-2-4-16(21)17(22)10-13/h2-5,10-11,15,24H,6-9,12H2,1H3,(H,23,27). The number of amides is 1. The fraction of sp³-hybridized carbons (Fsp3) is 0.350. The molecule has 1 amide bonds. The van der Waals surface area contributed by atoms with Gasteiger partial charge < -0.3 is 10.6 Å². The van der Waals surface area contributed by atoms with Gasteiger partial charge in [0.15, 0.2) is 0 Å². The summed E-state index contributed by atoms with van der Waals surface area (Å²) >= 11 is 12.1. The number of nitrogens with zero attached hydrogens (tertiary/aromatic N) is 2. The summed E-state index contributed by atoms with van der Waals surface area (Å²) in [4.78, 5) is 25.0. The zero-order valence-electron chi connectivity index (χ0n) is 16.0. The first-order valence-corrected chi connectivity index (χ1v) is 10.1. The highest BCUT2D eigenvalue weighted by atomic mass is 35.5. The van der Waals surface area contributed by atoms with Gasteiger partial charge in [-0.05, 0) is 42.7 Å². The molecule has 1 aliphatic rings. The molecule has 2 N–H and O–H groups in total. The molecule has 2 aromatic carbocycles. The molecular weight excluding hydrogens is 415 g/mol. The van der Waals surface area contributed by atoms with Crippen molar-refractivity contribution >= 4 is 40.5 Å². The van der Waals surface area contributed by atoms with Crippen LogP contribution in [0.5, 0.6) is 0 Å². The van der Waals surface area contributed by atoms with Crippen LogP contribution >= 0.6 is 23.2 Å². The van der Waals surface area contributed by atoms with E-state index in [0.717, 1.165) is 38.0 Å². The number of anilines is 1. The molecule has 0 aliphatic carbocycles. The van der Waals surface area contributed by atoms with Crippen LogP contribution < -0.4 is 10.6 Å². The Hall–Kier alpha value is -2.35. The SMILES string of the molecule is CNC(=O)c1ccc(NC2CCN(Cc3ccc(Cl)c(Cl)c3)CC2)c([N+](=O)[O-])c1. The van der Waals surface area contributed by atoms with Crippen LogP contribution in [-0.4, -0.2) is 41.9 Å². The summed E-state index contributed by atoms with van der Waals surface area (Å²) in [7, 11) is 1.49. The monoisotopic (exact) mass is 436 g/mol. The van der Waals surface area contributed by atoms with Crippen LogP contribution in [0, 0.1) is 10.1 Å². The number of carbonyl (C=O) groups excluding carboxylic acids is 1. The second-order valence-electron chi connectivity index (χ2n) is 7.01. The minimum atomic E-state index is -0.464. The summed E-state index contributed by atoms with van der Waals surface area (Å²) in [5, 5.41) is 18.3. The average Bonchev–Trinajstić information content (AvgIpc) is 2.71. The van der Waals surface area contributed by atoms with Crippen LogP contribution in [0.3, 0.4) is 0 Å². The van der Waals surface area contributed by atoms with Crippen molar-refractivity contribution in [3.8, 4) is 0 Å². The Morgan fingerprint density at radius 2 is 1.90 bits per heavy atom. The quantitative estimate of drug-likeness (QED) is 0.519. The number of likely N-dealkylation sites (tertiary alicyclic amines) is 1. The summed E-state index contributed by atoms with van der Waals surface area (Å²) in [6, 6.07) is 10.3. The second-order valence-corrected chi connectivity index (χ2v) is 7.83. The summed E-state index contributed by atoms with van der Waals surface area (Å²) in [5.74, 6) is -0.352. The van der Waals surface area contributed by atoms with Gasteiger partial charge >= 0.3 is 0 Å². The number of nitro groups is 1. The number of benzene rings is 2. The number of hydrogen-bond donors (Lipinski definition) is 2. The zero-order valence-corrected chi connectivity index (χ0v) is 17.5. The summed E-state index contributed by atoms with van der Waals surface area (Å²) in [6.45, 7) is 2.51. The Balaban J connectivity index is 1.61. The molecule has 3 rings (SSSR count). The van der Waals surface area contributed by atoms with E-state index in [4.69, 9.17) is 23.2 Å². The molecule has 2 aromatic rings. The van der Waals surface area contributed by atoms with E-state index >= 15 is 0 Å². The minimum Gasteiger partial charge on any atom is -0.377 e. The van der Waals surface area contributed by atoms with Gasteiger partial charge in [0.1, 0.15) is 5.69 Å². The lowest BCUT2D eigenvalue weighted by Crippen LogP contribution is -2.38. The summed E-state index contributed by atoms with van der Waals surface area (Å²) < 4.78 is 0. The largest absolute Gasteiger partial charge is 0.377 e. The van der Waals surface area contributed by atoms with Crippen molar-refractivity contribution in [3.05, 3.63) is 67.7 Å². The first-order valence-electron chi connectivity index (χ1n) is 9.30. The van der Waals surface area contributed by atoms with E-state index in [9.17, 15) is 14.9 Å². The normalized spacial score (nSPS) is 15.1. The third-order valence-corrected chi connectivity index (χ3v) is 5.76. The third kappa shape index (κ3) is 5.38. The van der Waals surface area contributed by atoms with E-state index in [1.807, 2.05) is 12.1 Å². The molecule has 0 unspecified atom stereocenters. The van der Waals surface area contributed by atoms with Gasteiger partial charge in [0.2, 0.25) is 0 Å². The number of carbonyl (C=O) groups is 1. The van der Waals surface area contributed by atoms with Crippen molar-refractivity contribution in [1.82, 2.24) is 10.2 Å². The van der Waals surface area contributed by atoms with Gasteiger partial charge in [-0.1, -0.05) is 29.3 Å². The van der Waals surface area contributed by atoms with Crippen molar-refractivity contribution < 1.29 is 9.72 Å². The Kier molecular flexibility index (Phi) is 6.95. The predicted octanol–water partition coefficient (Wildman–Crippen LogP) is 4.34. The molecule has 1 fully saturated rings. The van der Waals surface area contributed by atoms with Gasteiger partial charge in [-0.15, -0.1) is 0 Å². The number of hydrogen-bond acceptors (Lipinski definition) is 5. The van der Waals surface area contributed by atoms with Crippen molar-refractivity contribution in [3.63, 3.8) is 0 Å². The van der Waals surface area contributed by atoms with Crippen molar-refractivity contribution in [2.45, 2.75) is 25.4 Å².